The smallest absolute Gasteiger partial charge is 0.225 e. The largest absolute Gasteiger partial charge is 0.341 e. The van der Waals surface area contributed by atoms with Crippen LogP contribution in [0.25, 0.3) is 0 Å². The van der Waals surface area contributed by atoms with E-state index < -0.39 is 0 Å². The third-order valence-corrected chi connectivity index (χ3v) is 2.69. The first-order chi connectivity index (χ1) is 7.71. The lowest BCUT2D eigenvalue weighted by atomic mass is 10.1. The Labute approximate surface area is 96.7 Å². The first-order valence-electron chi connectivity index (χ1n) is 5.73. The lowest BCUT2D eigenvalue weighted by Gasteiger charge is -2.23. The third kappa shape index (κ3) is 3.29. The second-order valence-corrected chi connectivity index (χ2v) is 3.99. The highest BCUT2D eigenvalue weighted by Gasteiger charge is 2.10. The lowest BCUT2D eigenvalue weighted by molar-refractivity contribution is 0.112. The lowest BCUT2D eigenvalue weighted by Crippen LogP contribution is -2.29. The van der Waals surface area contributed by atoms with Crippen LogP contribution in [0.5, 0.6) is 0 Å². The molecule has 0 aliphatic rings. The second-order valence-electron chi connectivity index (χ2n) is 3.99. The summed E-state index contributed by atoms with van der Waals surface area (Å²) in [6.07, 6.45) is 5.03. The van der Waals surface area contributed by atoms with Gasteiger partial charge < -0.3 is 4.90 Å². The molecule has 0 N–H and O–H groups in total. The minimum absolute atomic E-state index is 0.517. The van der Waals surface area contributed by atoms with E-state index in [2.05, 4.69) is 35.6 Å². The van der Waals surface area contributed by atoms with Crippen LogP contribution in [0.1, 0.15) is 37.6 Å². The Morgan fingerprint density at radius 2 is 2.00 bits per heavy atom. The topological polar surface area (TPSA) is 46.1 Å². The predicted octanol–water partition coefficient (Wildman–Crippen LogP) is 2.16. The van der Waals surface area contributed by atoms with E-state index in [1.54, 1.807) is 12.4 Å². The van der Waals surface area contributed by atoms with Crippen molar-refractivity contribution in [3.8, 4) is 0 Å². The number of nitrogens with zero attached hydrogens (tertiary/aromatic N) is 3. The molecule has 0 aliphatic heterocycles. The van der Waals surface area contributed by atoms with E-state index in [-0.39, 0.29) is 0 Å². The molecular formula is C12H19N3O. The number of hydrogen-bond donors (Lipinski definition) is 0. The Morgan fingerprint density at radius 3 is 2.44 bits per heavy atom. The summed E-state index contributed by atoms with van der Waals surface area (Å²) in [5, 5.41) is 0. The molecule has 0 saturated heterocycles. The Morgan fingerprint density at radius 1 is 1.38 bits per heavy atom. The van der Waals surface area contributed by atoms with Crippen molar-refractivity contribution in [3.63, 3.8) is 0 Å². The van der Waals surface area contributed by atoms with E-state index in [9.17, 15) is 4.79 Å². The van der Waals surface area contributed by atoms with Crippen LogP contribution in [-0.4, -0.2) is 29.3 Å². The number of rotatable bonds is 6. The van der Waals surface area contributed by atoms with E-state index in [1.165, 1.54) is 0 Å². The maximum absolute atomic E-state index is 10.5. The predicted molar refractivity (Wildman–Crippen MR) is 64.8 cm³/mol. The summed E-state index contributed by atoms with van der Waals surface area (Å²) in [7, 11) is 0. The summed E-state index contributed by atoms with van der Waals surface area (Å²) in [4.78, 5) is 21.0. The molecular weight excluding hydrogens is 202 g/mol. The number of aldehydes is 1. The van der Waals surface area contributed by atoms with E-state index in [0.717, 1.165) is 25.8 Å². The van der Waals surface area contributed by atoms with Crippen LogP contribution in [0.15, 0.2) is 12.4 Å². The van der Waals surface area contributed by atoms with Gasteiger partial charge >= 0.3 is 0 Å². The first-order valence-corrected chi connectivity index (χ1v) is 5.73. The van der Waals surface area contributed by atoms with E-state index >= 15 is 0 Å². The highest BCUT2D eigenvalue weighted by Crippen LogP contribution is 2.11. The van der Waals surface area contributed by atoms with Gasteiger partial charge in [-0.15, -0.1) is 0 Å². The zero-order chi connectivity index (χ0) is 12.0. The Kier molecular flexibility index (Phi) is 4.89. The standard InChI is InChI=1S/C12H19N3O/c1-4-10(3)8-15(5-2)12-13-6-11(9-16)7-14-12/h6-7,9-10H,4-5,8H2,1-3H3. The highest BCUT2D eigenvalue weighted by atomic mass is 16.1. The number of hydrogen-bond acceptors (Lipinski definition) is 4. The van der Waals surface area contributed by atoms with Crippen molar-refractivity contribution >= 4 is 12.2 Å². The van der Waals surface area contributed by atoms with Gasteiger partial charge in [0.15, 0.2) is 6.29 Å². The molecule has 0 amide bonds. The molecule has 88 valence electrons. The molecule has 0 radical (unpaired) electrons. The van der Waals surface area contributed by atoms with Crippen molar-refractivity contribution in [1.82, 2.24) is 9.97 Å². The molecule has 1 aromatic rings. The molecule has 0 fully saturated rings. The average molecular weight is 221 g/mol. The van der Waals surface area contributed by atoms with Gasteiger partial charge in [0.2, 0.25) is 5.95 Å². The third-order valence-electron chi connectivity index (χ3n) is 2.69. The zero-order valence-corrected chi connectivity index (χ0v) is 10.2. The molecule has 0 bridgehead atoms. The monoisotopic (exact) mass is 221 g/mol. The molecule has 1 rings (SSSR count). The fourth-order valence-electron chi connectivity index (χ4n) is 1.41. The van der Waals surface area contributed by atoms with E-state index in [4.69, 9.17) is 0 Å². The summed E-state index contributed by atoms with van der Waals surface area (Å²) in [5.74, 6) is 1.32. The van der Waals surface area contributed by atoms with Crippen LogP contribution in [0.4, 0.5) is 5.95 Å². The van der Waals surface area contributed by atoms with Crippen molar-refractivity contribution in [3.05, 3.63) is 18.0 Å². The minimum Gasteiger partial charge on any atom is -0.341 e. The number of carbonyl (C=O) groups is 1. The summed E-state index contributed by atoms with van der Waals surface area (Å²) >= 11 is 0. The molecule has 1 aromatic heterocycles. The normalized spacial score (nSPS) is 12.2. The second kappa shape index (κ2) is 6.20. The van der Waals surface area contributed by atoms with Gasteiger partial charge in [-0.2, -0.15) is 0 Å². The number of carbonyl (C=O) groups excluding carboxylic acids is 1. The summed E-state index contributed by atoms with van der Waals surface area (Å²) < 4.78 is 0. The maximum Gasteiger partial charge on any atom is 0.225 e. The van der Waals surface area contributed by atoms with Crippen LogP contribution in [0, 0.1) is 5.92 Å². The van der Waals surface area contributed by atoms with Crippen molar-refractivity contribution in [2.75, 3.05) is 18.0 Å². The van der Waals surface area contributed by atoms with Crippen molar-refractivity contribution in [1.29, 1.82) is 0 Å². The Balaban J connectivity index is 2.74. The molecule has 0 saturated carbocycles. The van der Waals surface area contributed by atoms with Gasteiger partial charge in [0, 0.05) is 25.5 Å². The average Bonchev–Trinajstić information content (AvgIpc) is 2.35. The molecule has 1 unspecified atom stereocenters. The molecule has 1 atom stereocenters. The summed E-state index contributed by atoms with van der Waals surface area (Å²) in [6, 6.07) is 0. The SMILES string of the molecule is CCC(C)CN(CC)c1ncc(C=O)cn1. The van der Waals surface area contributed by atoms with Crippen LogP contribution in [0.2, 0.25) is 0 Å². The van der Waals surface area contributed by atoms with E-state index in [0.29, 0.717) is 17.4 Å². The molecule has 4 nitrogen and oxygen atoms in total. The number of anilines is 1. The summed E-state index contributed by atoms with van der Waals surface area (Å²) in [5.41, 5.74) is 0.517. The molecule has 0 aromatic carbocycles. The van der Waals surface area contributed by atoms with Crippen molar-refractivity contribution in [2.45, 2.75) is 27.2 Å². The van der Waals surface area contributed by atoms with Crippen molar-refractivity contribution < 1.29 is 4.79 Å². The van der Waals surface area contributed by atoms with Gasteiger partial charge in [-0.05, 0) is 12.8 Å². The first kappa shape index (κ1) is 12.6. The quantitative estimate of drug-likeness (QED) is 0.691. The van der Waals surface area contributed by atoms with Gasteiger partial charge in [0.05, 0.1) is 5.56 Å². The Bertz CT molecular complexity index is 324. The minimum atomic E-state index is 0.517. The Hall–Kier alpha value is -1.45. The van der Waals surface area contributed by atoms with Crippen molar-refractivity contribution in [2.24, 2.45) is 5.92 Å². The zero-order valence-electron chi connectivity index (χ0n) is 10.2. The fourth-order valence-corrected chi connectivity index (χ4v) is 1.41. The fraction of sp³-hybridized carbons (Fsp3) is 0.583. The van der Waals surface area contributed by atoms with Crippen LogP contribution in [0.3, 0.4) is 0 Å². The molecule has 16 heavy (non-hydrogen) atoms. The van der Waals surface area contributed by atoms with Crippen LogP contribution < -0.4 is 4.90 Å². The molecule has 1 heterocycles. The highest BCUT2D eigenvalue weighted by molar-refractivity contribution is 5.73. The number of aromatic nitrogens is 2. The molecule has 4 heteroatoms. The molecule has 0 aliphatic carbocycles. The van der Waals surface area contributed by atoms with Gasteiger partial charge in [-0.3, -0.25) is 4.79 Å². The van der Waals surface area contributed by atoms with Gasteiger partial charge in [0.25, 0.3) is 0 Å². The van der Waals surface area contributed by atoms with Gasteiger partial charge in [0.1, 0.15) is 0 Å². The van der Waals surface area contributed by atoms with Crippen LogP contribution in [-0.2, 0) is 0 Å². The summed E-state index contributed by atoms with van der Waals surface area (Å²) in [6.45, 7) is 8.30. The van der Waals surface area contributed by atoms with Crippen LogP contribution >= 0.6 is 0 Å². The van der Waals surface area contributed by atoms with Gasteiger partial charge in [-0.1, -0.05) is 20.3 Å². The molecule has 0 spiro atoms. The van der Waals surface area contributed by atoms with E-state index in [1.807, 2.05) is 0 Å². The van der Waals surface area contributed by atoms with Gasteiger partial charge in [-0.25, -0.2) is 9.97 Å². The maximum atomic E-state index is 10.5.